The normalized spacial score (nSPS) is 10.7. The zero-order valence-corrected chi connectivity index (χ0v) is 14.7. The monoisotopic (exact) mass is 355 g/mol. The van der Waals surface area contributed by atoms with Crippen LogP contribution in [0.5, 0.6) is 0 Å². The molecule has 128 valence electrons. The van der Waals surface area contributed by atoms with Crippen molar-refractivity contribution in [3.63, 3.8) is 0 Å². The molecular formula is C18H18ClN5O. The summed E-state index contributed by atoms with van der Waals surface area (Å²) >= 11 is 5.97. The number of aryl methyl sites for hydroxylation is 2. The molecule has 0 aliphatic carbocycles. The van der Waals surface area contributed by atoms with Crippen molar-refractivity contribution in [2.45, 2.75) is 20.4 Å². The number of nitrogens with zero attached hydrogens (tertiary/aromatic N) is 3. The molecule has 0 spiro atoms. The van der Waals surface area contributed by atoms with Gasteiger partial charge in [0.2, 0.25) is 0 Å². The molecule has 1 heterocycles. The van der Waals surface area contributed by atoms with Gasteiger partial charge in [0, 0.05) is 10.7 Å². The number of amides is 1. The summed E-state index contributed by atoms with van der Waals surface area (Å²) in [6.07, 6.45) is 0. The molecule has 0 radical (unpaired) electrons. The third-order valence-electron chi connectivity index (χ3n) is 3.89. The molecule has 3 rings (SSSR count). The average Bonchev–Trinajstić information content (AvgIpc) is 2.94. The van der Waals surface area contributed by atoms with Crippen LogP contribution in [0.2, 0.25) is 5.02 Å². The highest BCUT2D eigenvalue weighted by atomic mass is 35.5. The predicted molar refractivity (Wildman–Crippen MR) is 98.9 cm³/mol. The molecule has 0 unspecified atom stereocenters. The summed E-state index contributed by atoms with van der Waals surface area (Å²) < 4.78 is 1.50. The topological polar surface area (TPSA) is 85.8 Å². The van der Waals surface area contributed by atoms with Gasteiger partial charge in [0.15, 0.2) is 11.5 Å². The summed E-state index contributed by atoms with van der Waals surface area (Å²) in [5, 5.41) is 11.2. The van der Waals surface area contributed by atoms with Crippen LogP contribution >= 0.6 is 11.6 Å². The van der Waals surface area contributed by atoms with E-state index in [1.807, 2.05) is 44.2 Å². The molecule has 3 aromatic rings. The first-order valence-corrected chi connectivity index (χ1v) is 8.14. The number of hydrogen-bond acceptors (Lipinski definition) is 4. The molecule has 6 nitrogen and oxygen atoms in total. The first-order valence-electron chi connectivity index (χ1n) is 7.76. The van der Waals surface area contributed by atoms with Crippen molar-refractivity contribution in [2.24, 2.45) is 0 Å². The van der Waals surface area contributed by atoms with Gasteiger partial charge >= 0.3 is 0 Å². The Kier molecular flexibility index (Phi) is 4.72. The number of nitrogens with one attached hydrogen (secondary N) is 1. The number of rotatable bonds is 4. The second-order valence-electron chi connectivity index (χ2n) is 5.88. The lowest BCUT2D eigenvalue weighted by Gasteiger charge is -2.08. The molecule has 2 aromatic carbocycles. The van der Waals surface area contributed by atoms with Crippen molar-refractivity contribution >= 4 is 29.0 Å². The highest BCUT2D eigenvalue weighted by molar-refractivity contribution is 6.31. The molecule has 0 saturated heterocycles. The van der Waals surface area contributed by atoms with Gasteiger partial charge in [0.1, 0.15) is 0 Å². The van der Waals surface area contributed by atoms with Gasteiger partial charge in [-0.3, -0.25) is 4.79 Å². The number of carbonyl (C=O) groups is 1. The molecule has 0 aliphatic heterocycles. The largest absolute Gasteiger partial charge is 0.382 e. The number of benzene rings is 2. The molecule has 7 heteroatoms. The fraction of sp³-hybridized carbons (Fsp3) is 0.167. The minimum absolute atomic E-state index is 0.0893. The van der Waals surface area contributed by atoms with Crippen LogP contribution in [0.4, 0.5) is 11.5 Å². The molecule has 1 amide bonds. The Labute approximate surface area is 150 Å². The fourth-order valence-corrected chi connectivity index (χ4v) is 2.55. The number of anilines is 2. The van der Waals surface area contributed by atoms with Crippen LogP contribution in [0.25, 0.3) is 0 Å². The van der Waals surface area contributed by atoms with Crippen molar-refractivity contribution in [1.82, 2.24) is 15.0 Å². The van der Waals surface area contributed by atoms with E-state index < -0.39 is 5.91 Å². The van der Waals surface area contributed by atoms with Gasteiger partial charge in [-0.2, -0.15) is 0 Å². The zero-order chi connectivity index (χ0) is 18.0. The van der Waals surface area contributed by atoms with Crippen molar-refractivity contribution in [3.8, 4) is 0 Å². The van der Waals surface area contributed by atoms with E-state index in [0.29, 0.717) is 17.3 Å². The molecule has 0 fully saturated rings. The standard InChI is InChI=1S/C18H18ClN5O/c1-11-3-6-13(7-4-11)10-24-17(20)16(22-23-24)18(25)21-15-9-14(19)8-5-12(15)2/h3-9H,10,20H2,1-2H3,(H,21,25). The van der Waals surface area contributed by atoms with Crippen molar-refractivity contribution in [2.75, 3.05) is 11.1 Å². The van der Waals surface area contributed by atoms with Crippen LogP contribution in [0.1, 0.15) is 27.2 Å². The second-order valence-corrected chi connectivity index (χ2v) is 6.32. The minimum atomic E-state index is -0.418. The molecule has 3 N–H and O–H groups in total. The van der Waals surface area contributed by atoms with Crippen molar-refractivity contribution < 1.29 is 4.79 Å². The Bertz CT molecular complexity index is 918. The highest BCUT2D eigenvalue weighted by Crippen LogP contribution is 2.21. The van der Waals surface area contributed by atoms with E-state index in [4.69, 9.17) is 17.3 Å². The average molecular weight is 356 g/mol. The van der Waals surface area contributed by atoms with Gasteiger partial charge in [-0.1, -0.05) is 52.7 Å². The lowest BCUT2D eigenvalue weighted by molar-refractivity contribution is 0.102. The van der Waals surface area contributed by atoms with Gasteiger partial charge in [-0.15, -0.1) is 5.10 Å². The number of nitrogen functional groups attached to an aromatic ring is 1. The van der Waals surface area contributed by atoms with Crippen LogP contribution in [0.3, 0.4) is 0 Å². The Morgan fingerprint density at radius 3 is 2.64 bits per heavy atom. The summed E-state index contributed by atoms with van der Waals surface area (Å²) in [6, 6.07) is 13.3. The third kappa shape index (κ3) is 3.80. The maximum atomic E-state index is 12.5. The van der Waals surface area contributed by atoms with Crippen LogP contribution in [0.15, 0.2) is 42.5 Å². The first kappa shape index (κ1) is 17.0. The lowest BCUT2D eigenvalue weighted by Crippen LogP contribution is -2.16. The predicted octanol–water partition coefficient (Wildman–Crippen LogP) is 3.43. The highest BCUT2D eigenvalue weighted by Gasteiger charge is 2.18. The number of carbonyl (C=O) groups excluding carboxylic acids is 1. The number of nitrogens with two attached hydrogens (primary N) is 1. The van der Waals surface area contributed by atoms with E-state index in [9.17, 15) is 4.79 Å². The summed E-state index contributed by atoms with van der Waals surface area (Å²) in [5.74, 6) is -0.198. The van der Waals surface area contributed by atoms with Gasteiger partial charge in [0.05, 0.1) is 6.54 Å². The summed E-state index contributed by atoms with van der Waals surface area (Å²) in [7, 11) is 0. The van der Waals surface area contributed by atoms with E-state index in [1.54, 1.807) is 12.1 Å². The van der Waals surface area contributed by atoms with Gasteiger partial charge in [-0.05, 0) is 37.1 Å². The maximum absolute atomic E-state index is 12.5. The SMILES string of the molecule is Cc1ccc(Cn2nnc(C(=O)Nc3cc(Cl)ccc3C)c2N)cc1. The van der Waals surface area contributed by atoms with E-state index >= 15 is 0 Å². The molecule has 25 heavy (non-hydrogen) atoms. The molecule has 0 aliphatic rings. The summed E-state index contributed by atoms with van der Waals surface area (Å²) in [6.45, 7) is 4.35. The van der Waals surface area contributed by atoms with Crippen LogP contribution in [-0.2, 0) is 6.54 Å². The first-order chi connectivity index (χ1) is 11.9. The molecular weight excluding hydrogens is 338 g/mol. The zero-order valence-electron chi connectivity index (χ0n) is 14.0. The van der Waals surface area contributed by atoms with E-state index in [0.717, 1.165) is 11.1 Å². The Hall–Kier alpha value is -2.86. The van der Waals surface area contributed by atoms with Crippen LogP contribution in [-0.4, -0.2) is 20.9 Å². The third-order valence-corrected chi connectivity index (χ3v) is 4.12. The van der Waals surface area contributed by atoms with Crippen molar-refractivity contribution in [3.05, 3.63) is 69.9 Å². The van der Waals surface area contributed by atoms with Crippen LogP contribution in [0, 0.1) is 13.8 Å². The van der Waals surface area contributed by atoms with Crippen molar-refractivity contribution in [1.29, 1.82) is 0 Å². The minimum Gasteiger partial charge on any atom is -0.382 e. The number of aromatic nitrogens is 3. The van der Waals surface area contributed by atoms with Gasteiger partial charge in [0.25, 0.3) is 5.91 Å². The molecule has 1 aromatic heterocycles. The number of hydrogen-bond donors (Lipinski definition) is 2. The molecule has 0 bridgehead atoms. The Morgan fingerprint density at radius 1 is 1.20 bits per heavy atom. The van der Waals surface area contributed by atoms with Gasteiger partial charge in [-0.25, -0.2) is 4.68 Å². The smallest absolute Gasteiger partial charge is 0.280 e. The van der Waals surface area contributed by atoms with E-state index in [-0.39, 0.29) is 11.5 Å². The number of halogens is 1. The Morgan fingerprint density at radius 2 is 1.92 bits per heavy atom. The lowest BCUT2D eigenvalue weighted by atomic mass is 10.1. The second kappa shape index (κ2) is 6.94. The van der Waals surface area contributed by atoms with Gasteiger partial charge < -0.3 is 11.1 Å². The van der Waals surface area contributed by atoms with Crippen LogP contribution < -0.4 is 11.1 Å². The Balaban J connectivity index is 1.79. The molecule has 0 saturated carbocycles. The van der Waals surface area contributed by atoms with E-state index in [1.165, 1.54) is 10.2 Å². The quantitative estimate of drug-likeness (QED) is 0.750. The maximum Gasteiger partial charge on any atom is 0.280 e. The van der Waals surface area contributed by atoms with E-state index in [2.05, 4.69) is 15.6 Å². The molecule has 0 atom stereocenters. The summed E-state index contributed by atoms with van der Waals surface area (Å²) in [4.78, 5) is 12.5. The fourth-order valence-electron chi connectivity index (χ4n) is 2.38. The summed E-state index contributed by atoms with van der Waals surface area (Å²) in [5.41, 5.74) is 9.85.